The standard InChI is InChI=1S/C19H39N5/c1-5-20-18(21-10-11-22-19(2,3)4)24-14-9-17(16-24)15-23-12-7-6-8-13-23/h17,22H,5-16H2,1-4H3,(H,20,21). The van der Waals surface area contributed by atoms with Gasteiger partial charge >= 0.3 is 0 Å². The topological polar surface area (TPSA) is 42.9 Å². The van der Waals surface area contributed by atoms with Crippen molar-refractivity contribution in [3.05, 3.63) is 0 Å². The number of aliphatic imine (C=N–C) groups is 1. The molecule has 0 aliphatic carbocycles. The second-order valence-electron chi connectivity index (χ2n) is 8.37. The average molecular weight is 338 g/mol. The van der Waals surface area contributed by atoms with Crippen molar-refractivity contribution in [2.24, 2.45) is 10.9 Å². The number of hydrogen-bond donors (Lipinski definition) is 2. The first-order chi connectivity index (χ1) is 11.5. The maximum atomic E-state index is 4.84. The Bertz CT molecular complexity index is 382. The number of piperidine rings is 1. The Hall–Kier alpha value is -0.810. The molecule has 140 valence electrons. The molecule has 2 aliphatic heterocycles. The number of likely N-dealkylation sites (tertiary alicyclic amines) is 2. The lowest BCUT2D eigenvalue weighted by atomic mass is 10.1. The minimum absolute atomic E-state index is 0.168. The Morgan fingerprint density at radius 1 is 1.12 bits per heavy atom. The van der Waals surface area contributed by atoms with Gasteiger partial charge in [-0.3, -0.25) is 4.99 Å². The normalized spacial score (nSPS) is 23.8. The smallest absolute Gasteiger partial charge is 0.193 e. The molecule has 0 radical (unpaired) electrons. The maximum absolute atomic E-state index is 4.84. The molecule has 1 atom stereocenters. The van der Waals surface area contributed by atoms with Gasteiger partial charge in [-0.15, -0.1) is 0 Å². The second-order valence-corrected chi connectivity index (χ2v) is 8.37. The van der Waals surface area contributed by atoms with Crippen LogP contribution in [0.5, 0.6) is 0 Å². The minimum atomic E-state index is 0.168. The Kier molecular flexibility index (Phi) is 7.82. The van der Waals surface area contributed by atoms with Crippen LogP contribution in [0.2, 0.25) is 0 Å². The summed E-state index contributed by atoms with van der Waals surface area (Å²) < 4.78 is 0. The summed E-state index contributed by atoms with van der Waals surface area (Å²) in [5.74, 6) is 1.91. The Balaban J connectivity index is 1.78. The van der Waals surface area contributed by atoms with Gasteiger partial charge in [-0.05, 0) is 66.0 Å². The van der Waals surface area contributed by atoms with Crippen LogP contribution >= 0.6 is 0 Å². The van der Waals surface area contributed by atoms with Gasteiger partial charge in [0.15, 0.2) is 5.96 Å². The fraction of sp³-hybridized carbons (Fsp3) is 0.947. The highest BCUT2D eigenvalue weighted by Crippen LogP contribution is 2.19. The largest absolute Gasteiger partial charge is 0.357 e. The lowest BCUT2D eigenvalue weighted by Gasteiger charge is -2.29. The van der Waals surface area contributed by atoms with Crippen molar-refractivity contribution in [3.8, 4) is 0 Å². The molecule has 5 nitrogen and oxygen atoms in total. The molecule has 2 N–H and O–H groups in total. The highest BCUT2D eigenvalue weighted by molar-refractivity contribution is 5.80. The van der Waals surface area contributed by atoms with Crippen molar-refractivity contribution < 1.29 is 0 Å². The summed E-state index contributed by atoms with van der Waals surface area (Å²) in [7, 11) is 0. The molecular weight excluding hydrogens is 298 g/mol. The van der Waals surface area contributed by atoms with Gasteiger partial charge in [0, 0.05) is 38.3 Å². The molecule has 2 heterocycles. The van der Waals surface area contributed by atoms with E-state index in [0.29, 0.717) is 0 Å². The summed E-state index contributed by atoms with van der Waals surface area (Å²) in [6.45, 7) is 17.7. The zero-order valence-electron chi connectivity index (χ0n) is 16.4. The van der Waals surface area contributed by atoms with E-state index in [1.807, 2.05) is 0 Å². The number of rotatable bonds is 6. The van der Waals surface area contributed by atoms with E-state index >= 15 is 0 Å². The summed E-state index contributed by atoms with van der Waals surface area (Å²) in [5.41, 5.74) is 0.168. The van der Waals surface area contributed by atoms with Crippen molar-refractivity contribution >= 4 is 5.96 Å². The van der Waals surface area contributed by atoms with E-state index in [1.54, 1.807) is 0 Å². The van der Waals surface area contributed by atoms with Crippen molar-refractivity contribution in [1.82, 2.24) is 20.4 Å². The Morgan fingerprint density at radius 2 is 1.88 bits per heavy atom. The quantitative estimate of drug-likeness (QED) is 0.443. The summed E-state index contributed by atoms with van der Waals surface area (Å²) in [4.78, 5) is 9.98. The minimum Gasteiger partial charge on any atom is -0.357 e. The fourth-order valence-electron chi connectivity index (χ4n) is 3.70. The first-order valence-corrected chi connectivity index (χ1v) is 9.98. The molecule has 5 heteroatoms. The molecule has 24 heavy (non-hydrogen) atoms. The molecule has 2 fully saturated rings. The summed E-state index contributed by atoms with van der Waals surface area (Å²) in [6, 6.07) is 0. The van der Waals surface area contributed by atoms with E-state index in [9.17, 15) is 0 Å². The van der Waals surface area contributed by atoms with Crippen molar-refractivity contribution in [2.45, 2.75) is 58.9 Å². The SMILES string of the molecule is CCNC(=NCCNC(C)(C)C)N1CCC(CN2CCCCC2)C1. The van der Waals surface area contributed by atoms with Gasteiger partial charge in [-0.2, -0.15) is 0 Å². The molecule has 0 aromatic carbocycles. The molecular formula is C19H39N5. The Morgan fingerprint density at radius 3 is 2.54 bits per heavy atom. The zero-order chi connectivity index (χ0) is 17.4. The molecule has 0 aromatic heterocycles. The summed E-state index contributed by atoms with van der Waals surface area (Å²) in [5, 5.41) is 6.99. The lowest BCUT2D eigenvalue weighted by molar-refractivity contribution is 0.198. The van der Waals surface area contributed by atoms with E-state index in [4.69, 9.17) is 4.99 Å². The van der Waals surface area contributed by atoms with Crippen molar-refractivity contribution in [1.29, 1.82) is 0 Å². The first kappa shape index (κ1) is 19.5. The third kappa shape index (κ3) is 6.98. The predicted octanol–water partition coefficient (Wildman–Crippen LogP) is 2.15. The number of hydrogen-bond acceptors (Lipinski definition) is 3. The molecule has 2 aliphatic rings. The van der Waals surface area contributed by atoms with E-state index in [-0.39, 0.29) is 5.54 Å². The molecule has 0 amide bonds. The fourth-order valence-corrected chi connectivity index (χ4v) is 3.70. The number of nitrogens with one attached hydrogen (secondary N) is 2. The van der Waals surface area contributed by atoms with Crippen molar-refractivity contribution in [3.63, 3.8) is 0 Å². The third-order valence-corrected chi connectivity index (χ3v) is 4.91. The maximum Gasteiger partial charge on any atom is 0.193 e. The molecule has 2 saturated heterocycles. The van der Waals surface area contributed by atoms with Gasteiger partial charge in [-0.1, -0.05) is 6.42 Å². The van der Waals surface area contributed by atoms with Crippen LogP contribution < -0.4 is 10.6 Å². The van der Waals surface area contributed by atoms with Crippen LogP contribution in [0.1, 0.15) is 53.4 Å². The predicted molar refractivity (Wildman–Crippen MR) is 104 cm³/mol. The highest BCUT2D eigenvalue weighted by Gasteiger charge is 2.26. The van der Waals surface area contributed by atoms with E-state index < -0.39 is 0 Å². The van der Waals surface area contributed by atoms with Gasteiger partial charge < -0.3 is 20.4 Å². The highest BCUT2D eigenvalue weighted by atomic mass is 15.3. The lowest BCUT2D eigenvalue weighted by Crippen LogP contribution is -2.42. The van der Waals surface area contributed by atoms with E-state index in [1.165, 1.54) is 45.3 Å². The zero-order valence-corrected chi connectivity index (χ0v) is 16.4. The summed E-state index contributed by atoms with van der Waals surface area (Å²) >= 11 is 0. The number of guanidine groups is 1. The van der Waals surface area contributed by atoms with Crippen LogP contribution in [0.3, 0.4) is 0 Å². The van der Waals surface area contributed by atoms with Crippen molar-refractivity contribution in [2.75, 3.05) is 52.4 Å². The van der Waals surface area contributed by atoms with Gasteiger partial charge in [0.1, 0.15) is 0 Å². The molecule has 0 spiro atoms. The first-order valence-electron chi connectivity index (χ1n) is 9.98. The van der Waals surface area contributed by atoms with Gasteiger partial charge in [0.2, 0.25) is 0 Å². The van der Waals surface area contributed by atoms with Crippen LogP contribution in [-0.2, 0) is 0 Å². The Labute approximate surface area is 149 Å². The van der Waals surface area contributed by atoms with Gasteiger partial charge in [-0.25, -0.2) is 0 Å². The second kappa shape index (κ2) is 9.62. The summed E-state index contributed by atoms with van der Waals surface area (Å²) in [6.07, 6.45) is 5.51. The van der Waals surface area contributed by atoms with Crippen LogP contribution in [0.15, 0.2) is 4.99 Å². The van der Waals surface area contributed by atoms with E-state index in [0.717, 1.165) is 44.6 Å². The van der Waals surface area contributed by atoms with Crippen LogP contribution in [-0.4, -0.2) is 73.7 Å². The molecule has 0 saturated carbocycles. The van der Waals surface area contributed by atoms with Crippen LogP contribution in [0.25, 0.3) is 0 Å². The molecule has 0 aromatic rings. The van der Waals surface area contributed by atoms with Crippen LogP contribution in [0.4, 0.5) is 0 Å². The monoisotopic (exact) mass is 337 g/mol. The number of nitrogens with zero attached hydrogens (tertiary/aromatic N) is 3. The molecule has 0 bridgehead atoms. The molecule has 2 rings (SSSR count). The van der Waals surface area contributed by atoms with Gasteiger partial charge in [0.25, 0.3) is 0 Å². The van der Waals surface area contributed by atoms with Gasteiger partial charge in [0.05, 0.1) is 6.54 Å². The molecule has 1 unspecified atom stereocenters. The average Bonchev–Trinajstić information content (AvgIpc) is 2.99. The third-order valence-electron chi connectivity index (χ3n) is 4.91. The van der Waals surface area contributed by atoms with E-state index in [2.05, 4.69) is 48.1 Å². The van der Waals surface area contributed by atoms with Crippen LogP contribution in [0, 0.1) is 5.92 Å².